The molecule has 21 heavy (non-hydrogen) atoms. The summed E-state index contributed by atoms with van der Waals surface area (Å²) in [4.78, 5) is 23.4. The van der Waals surface area contributed by atoms with Crippen LogP contribution in [0.3, 0.4) is 0 Å². The van der Waals surface area contributed by atoms with Crippen molar-refractivity contribution in [3.05, 3.63) is 29.8 Å². The van der Waals surface area contributed by atoms with Crippen LogP contribution in [0.15, 0.2) is 24.3 Å². The minimum atomic E-state index is -0.937. The van der Waals surface area contributed by atoms with E-state index in [4.69, 9.17) is 9.84 Å². The summed E-state index contributed by atoms with van der Waals surface area (Å²) >= 11 is 0. The molecule has 5 nitrogen and oxygen atoms in total. The Kier molecular flexibility index (Phi) is 5.76. The normalized spacial score (nSPS) is 12.6. The Balaban J connectivity index is 2.94. The molecule has 0 heterocycles. The molecule has 0 aromatic heterocycles. The molecular formula is C16H23NO4. The van der Waals surface area contributed by atoms with Crippen molar-refractivity contribution >= 4 is 11.9 Å². The van der Waals surface area contributed by atoms with Crippen molar-refractivity contribution in [1.29, 1.82) is 0 Å². The molecular weight excluding hydrogens is 270 g/mol. The van der Waals surface area contributed by atoms with E-state index in [2.05, 4.69) is 5.32 Å². The van der Waals surface area contributed by atoms with Crippen LogP contribution >= 0.6 is 0 Å². The topological polar surface area (TPSA) is 75.6 Å². The fraction of sp³-hybridized carbons (Fsp3) is 0.500. The van der Waals surface area contributed by atoms with Crippen molar-refractivity contribution in [1.82, 2.24) is 5.32 Å². The number of amides is 1. The van der Waals surface area contributed by atoms with E-state index in [-0.39, 0.29) is 17.7 Å². The summed E-state index contributed by atoms with van der Waals surface area (Å²) in [7, 11) is 0. The minimum absolute atomic E-state index is 0.119. The molecule has 1 amide bonds. The van der Waals surface area contributed by atoms with E-state index >= 15 is 0 Å². The Labute approximate surface area is 125 Å². The van der Waals surface area contributed by atoms with E-state index in [1.54, 1.807) is 24.3 Å². The molecule has 1 atom stereocenters. The first-order valence-corrected chi connectivity index (χ1v) is 7.00. The molecule has 5 heteroatoms. The number of nitrogens with one attached hydrogen (secondary N) is 1. The van der Waals surface area contributed by atoms with Crippen LogP contribution < -0.4 is 10.1 Å². The Morgan fingerprint density at radius 1 is 1.29 bits per heavy atom. The number of rotatable bonds is 6. The van der Waals surface area contributed by atoms with Gasteiger partial charge in [0.25, 0.3) is 5.91 Å². The second-order valence-corrected chi connectivity index (χ2v) is 5.92. The van der Waals surface area contributed by atoms with Crippen LogP contribution in [0.5, 0.6) is 5.75 Å². The molecule has 2 N–H and O–H groups in total. The lowest BCUT2D eigenvalue weighted by molar-refractivity contribution is -0.138. The zero-order valence-electron chi connectivity index (χ0n) is 13.0. The first kappa shape index (κ1) is 17.0. The quantitative estimate of drug-likeness (QED) is 0.845. The van der Waals surface area contributed by atoms with E-state index < -0.39 is 12.0 Å². The van der Waals surface area contributed by atoms with Crippen LogP contribution in [0, 0.1) is 5.41 Å². The van der Waals surface area contributed by atoms with Gasteiger partial charge in [0.1, 0.15) is 5.75 Å². The van der Waals surface area contributed by atoms with E-state index in [9.17, 15) is 9.59 Å². The van der Waals surface area contributed by atoms with E-state index in [0.717, 1.165) is 0 Å². The largest absolute Gasteiger partial charge is 0.493 e. The van der Waals surface area contributed by atoms with Crippen LogP contribution in [0.4, 0.5) is 0 Å². The third-order valence-corrected chi connectivity index (χ3v) is 3.16. The average Bonchev–Trinajstić information content (AvgIpc) is 2.37. The van der Waals surface area contributed by atoms with Crippen LogP contribution in [0.25, 0.3) is 0 Å². The van der Waals surface area contributed by atoms with Crippen molar-refractivity contribution in [2.24, 2.45) is 5.41 Å². The zero-order valence-corrected chi connectivity index (χ0v) is 13.0. The van der Waals surface area contributed by atoms with Gasteiger partial charge in [-0.3, -0.25) is 9.59 Å². The average molecular weight is 293 g/mol. The Hall–Kier alpha value is -2.04. The maximum Gasteiger partial charge on any atom is 0.305 e. The van der Waals surface area contributed by atoms with Crippen molar-refractivity contribution in [3.8, 4) is 5.75 Å². The van der Waals surface area contributed by atoms with Gasteiger partial charge in [0.2, 0.25) is 0 Å². The highest BCUT2D eigenvalue weighted by Crippen LogP contribution is 2.24. The number of ether oxygens (including phenoxy) is 1. The lowest BCUT2D eigenvalue weighted by atomic mass is 9.84. The first-order valence-electron chi connectivity index (χ1n) is 7.00. The summed E-state index contributed by atoms with van der Waals surface area (Å²) in [6.07, 6.45) is -0.119. The number of aliphatic carboxylic acids is 1. The molecule has 1 aromatic rings. The van der Waals surface area contributed by atoms with Crippen LogP contribution in [0.2, 0.25) is 0 Å². The number of carboxylic acids is 1. The summed E-state index contributed by atoms with van der Waals surface area (Å²) in [5.74, 6) is -0.756. The van der Waals surface area contributed by atoms with Gasteiger partial charge in [0, 0.05) is 6.04 Å². The maximum atomic E-state index is 12.4. The molecule has 0 aliphatic heterocycles. The van der Waals surface area contributed by atoms with Gasteiger partial charge >= 0.3 is 5.97 Å². The second-order valence-electron chi connectivity index (χ2n) is 5.92. The van der Waals surface area contributed by atoms with E-state index in [0.29, 0.717) is 17.9 Å². The predicted molar refractivity (Wildman–Crippen MR) is 80.6 cm³/mol. The van der Waals surface area contributed by atoms with Crippen molar-refractivity contribution < 1.29 is 19.4 Å². The number of hydrogen-bond donors (Lipinski definition) is 2. The van der Waals surface area contributed by atoms with Crippen LogP contribution in [0.1, 0.15) is 44.5 Å². The highest BCUT2D eigenvalue weighted by atomic mass is 16.5. The lowest BCUT2D eigenvalue weighted by Gasteiger charge is -2.30. The third kappa shape index (κ3) is 5.10. The number of carboxylic acid groups (broad SMARTS) is 1. The summed E-state index contributed by atoms with van der Waals surface area (Å²) in [6, 6.07) is 6.47. The fourth-order valence-corrected chi connectivity index (χ4v) is 1.92. The van der Waals surface area contributed by atoms with Gasteiger partial charge in [-0.2, -0.15) is 0 Å². The third-order valence-electron chi connectivity index (χ3n) is 3.16. The second kappa shape index (κ2) is 7.11. The van der Waals surface area contributed by atoms with Crippen molar-refractivity contribution in [2.75, 3.05) is 6.61 Å². The van der Waals surface area contributed by atoms with Gasteiger partial charge in [-0.25, -0.2) is 0 Å². The molecule has 1 aromatic carbocycles. The molecule has 1 unspecified atom stereocenters. The van der Waals surface area contributed by atoms with Gasteiger partial charge in [0.05, 0.1) is 18.6 Å². The number of hydrogen-bond acceptors (Lipinski definition) is 3. The molecule has 0 saturated heterocycles. The van der Waals surface area contributed by atoms with Gasteiger partial charge in [0.15, 0.2) is 0 Å². The molecule has 116 valence electrons. The summed E-state index contributed by atoms with van der Waals surface area (Å²) in [5.41, 5.74) is 0.0632. The summed E-state index contributed by atoms with van der Waals surface area (Å²) in [6.45, 7) is 8.00. The van der Waals surface area contributed by atoms with Crippen LogP contribution in [-0.2, 0) is 4.79 Å². The molecule has 0 radical (unpaired) electrons. The fourth-order valence-electron chi connectivity index (χ4n) is 1.92. The standard InChI is InChI=1S/C16H23NO4/c1-5-21-12-9-7-6-8-11(12)15(20)17-13(10-14(18)19)16(2,3)4/h6-9,13H,5,10H2,1-4H3,(H,17,20)(H,18,19). The number of carbonyl (C=O) groups excluding carboxylic acids is 1. The lowest BCUT2D eigenvalue weighted by Crippen LogP contribution is -2.45. The highest BCUT2D eigenvalue weighted by Gasteiger charge is 2.29. The Morgan fingerprint density at radius 2 is 1.90 bits per heavy atom. The SMILES string of the molecule is CCOc1ccccc1C(=O)NC(CC(=O)O)C(C)(C)C. The minimum Gasteiger partial charge on any atom is -0.493 e. The number of benzene rings is 1. The van der Waals surface area contributed by atoms with Crippen LogP contribution in [-0.4, -0.2) is 29.6 Å². The molecule has 0 aliphatic rings. The molecule has 0 spiro atoms. The monoisotopic (exact) mass is 293 g/mol. The molecule has 0 fully saturated rings. The predicted octanol–water partition coefficient (Wildman–Crippen LogP) is 2.70. The molecule has 1 rings (SSSR count). The van der Waals surface area contributed by atoms with Gasteiger partial charge in [-0.05, 0) is 24.5 Å². The number of carbonyl (C=O) groups is 2. The maximum absolute atomic E-state index is 12.4. The molecule has 0 saturated carbocycles. The van der Waals surface area contributed by atoms with Gasteiger partial charge < -0.3 is 15.2 Å². The molecule has 0 bridgehead atoms. The zero-order chi connectivity index (χ0) is 16.0. The molecule has 0 aliphatic carbocycles. The highest BCUT2D eigenvalue weighted by molar-refractivity contribution is 5.97. The van der Waals surface area contributed by atoms with Gasteiger partial charge in [-0.1, -0.05) is 32.9 Å². The van der Waals surface area contributed by atoms with Crippen molar-refractivity contribution in [2.45, 2.75) is 40.2 Å². The first-order chi connectivity index (χ1) is 9.75. The van der Waals surface area contributed by atoms with Gasteiger partial charge in [-0.15, -0.1) is 0 Å². The Morgan fingerprint density at radius 3 is 2.43 bits per heavy atom. The summed E-state index contributed by atoms with van der Waals surface area (Å²) in [5, 5.41) is 11.8. The van der Waals surface area contributed by atoms with Crippen molar-refractivity contribution in [3.63, 3.8) is 0 Å². The summed E-state index contributed by atoms with van der Waals surface area (Å²) < 4.78 is 5.43. The number of para-hydroxylation sites is 1. The smallest absolute Gasteiger partial charge is 0.305 e. The van der Waals surface area contributed by atoms with E-state index in [1.807, 2.05) is 27.7 Å². The Bertz CT molecular complexity index is 505. The van der Waals surface area contributed by atoms with E-state index in [1.165, 1.54) is 0 Å².